The van der Waals surface area contributed by atoms with Crippen LogP contribution >= 0.6 is 0 Å². The molecule has 3 heterocycles. The average molecular weight is 303 g/mol. The highest BCUT2D eigenvalue weighted by Crippen LogP contribution is 2.24. The van der Waals surface area contributed by atoms with Crippen LogP contribution in [-0.2, 0) is 11.2 Å². The quantitative estimate of drug-likeness (QED) is 0.873. The number of pyridine rings is 1. The first-order valence-electron chi connectivity index (χ1n) is 6.69. The number of carbonyl (C=O) groups is 2. The Bertz CT molecular complexity index is 820. The highest BCUT2D eigenvalue weighted by atomic mass is 16.5. The number of hydrogen-bond donors (Lipinski definition) is 2. The molecule has 2 aromatic rings. The van der Waals surface area contributed by atoms with Crippen LogP contribution in [0.3, 0.4) is 0 Å². The Hall–Kier alpha value is -2.90. The molecule has 8 heteroatoms. The van der Waals surface area contributed by atoms with Gasteiger partial charge in [0, 0.05) is 11.8 Å². The Morgan fingerprint density at radius 1 is 1.45 bits per heavy atom. The molecular formula is C14H13N3O5. The maximum absolute atomic E-state index is 12.4. The summed E-state index contributed by atoms with van der Waals surface area (Å²) in [6, 6.07) is 3.67. The van der Waals surface area contributed by atoms with Crippen LogP contribution in [0.4, 0.5) is 5.69 Å². The minimum absolute atomic E-state index is 0.0163. The second kappa shape index (κ2) is 5.14. The molecule has 0 aliphatic carbocycles. The summed E-state index contributed by atoms with van der Waals surface area (Å²) in [5, 5.41) is 15.2. The summed E-state index contributed by atoms with van der Waals surface area (Å²) in [5.74, 6) is -1.17. The lowest BCUT2D eigenvalue weighted by Gasteiger charge is -2.11. The molecule has 0 spiro atoms. The zero-order valence-electron chi connectivity index (χ0n) is 11.7. The zero-order chi connectivity index (χ0) is 15.9. The van der Waals surface area contributed by atoms with Crippen LogP contribution in [0.2, 0.25) is 0 Å². The summed E-state index contributed by atoms with van der Waals surface area (Å²) in [6.45, 7) is 1.64. The molecule has 2 N–H and O–H groups in total. The number of carboxylic acid groups (broad SMARTS) is 1. The number of hydrogen-bond acceptors (Lipinski definition) is 5. The van der Waals surface area contributed by atoms with Gasteiger partial charge in [0.2, 0.25) is 0 Å². The molecule has 0 saturated heterocycles. The van der Waals surface area contributed by atoms with E-state index in [0.717, 1.165) is 0 Å². The fraction of sp³-hybridized carbons (Fsp3) is 0.286. The van der Waals surface area contributed by atoms with Gasteiger partial charge in [0.1, 0.15) is 17.5 Å². The number of nitrogens with one attached hydrogen (secondary N) is 1. The Morgan fingerprint density at radius 2 is 2.23 bits per heavy atom. The Morgan fingerprint density at radius 3 is 2.86 bits per heavy atom. The molecule has 1 amide bonds. The van der Waals surface area contributed by atoms with Crippen LogP contribution in [0.25, 0.3) is 0 Å². The van der Waals surface area contributed by atoms with Crippen molar-refractivity contribution >= 4 is 17.6 Å². The van der Waals surface area contributed by atoms with Crippen LogP contribution in [-0.4, -0.2) is 26.7 Å². The lowest BCUT2D eigenvalue weighted by Crippen LogP contribution is -2.30. The highest BCUT2D eigenvalue weighted by molar-refractivity contribution is 6.02. The van der Waals surface area contributed by atoms with Gasteiger partial charge in [-0.15, -0.1) is 0 Å². The molecule has 0 bridgehead atoms. The summed E-state index contributed by atoms with van der Waals surface area (Å²) in [4.78, 5) is 35.6. The van der Waals surface area contributed by atoms with Crippen molar-refractivity contribution in [3.63, 3.8) is 0 Å². The monoisotopic (exact) mass is 303 g/mol. The molecule has 0 unspecified atom stereocenters. The fourth-order valence-electron chi connectivity index (χ4n) is 2.54. The van der Waals surface area contributed by atoms with Gasteiger partial charge in [-0.25, -0.2) is 4.79 Å². The van der Waals surface area contributed by atoms with Gasteiger partial charge in [0.25, 0.3) is 11.5 Å². The van der Waals surface area contributed by atoms with E-state index in [4.69, 9.17) is 9.63 Å². The SMILES string of the molecule is Cc1cc(C(=O)Nc2ccc3n(c2=O)[C@H](C(=O)O)CC3)no1. The van der Waals surface area contributed by atoms with E-state index in [9.17, 15) is 14.4 Å². The summed E-state index contributed by atoms with van der Waals surface area (Å²) >= 11 is 0. The molecule has 1 aliphatic rings. The van der Waals surface area contributed by atoms with E-state index in [2.05, 4.69) is 10.5 Å². The molecule has 1 atom stereocenters. The van der Waals surface area contributed by atoms with Crippen molar-refractivity contribution in [2.75, 3.05) is 5.32 Å². The predicted octanol–water partition coefficient (Wildman–Crippen LogP) is 0.969. The second-order valence-corrected chi connectivity index (χ2v) is 5.08. The van der Waals surface area contributed by atoms with Gasteiger partial charge in [-0.1, -0.05) is 5.16 Å². The molecule has 0 aromatic carbocycles. The maximum Gasteiger partial charge on any atom is 0.326 e. The van der Waals surface area contributed by atoms with E-state index in [0.29, 0.717) is 24.3 Å². The zero-order valence-corrected chi connectivity index (χ0v) is 11.7. The van der Waals surface area contributed by atoms with Crippen molar-refractivity contribution in [2.24, 2.45) is 0 Å². The van der Waals surface area contributed by atoms with Crippen molar-refractivity contribution in [3.8, 4) is 0 Å². The number of fused-ring (bicyclic) bond motifs is 1. The van der Waals surface area contributed by atoms with Crippen molar-refractivity contribution < 1.29 is 19.2 Å². The first kappa shape index (κ1) is 14.1. The van der Waals surface area contributed by atoms with E-state index in [1.165, 1.54) is 16.7 Å². The van der Waals surface area contributed by atoms with Crippen LogP contribution in [0.5, 0.6) is 0 Å². The number of aliphatic carboxylic acids is 1. The third-order valence-corrected chi connectivity index (χ3v) is 3.58. The maximum atomic E-state index is 12.4. The van der Waals surface area contributed by atoms with E-state index in [1.54, 1.807) is 13.0 Å². The smallest absolute Gasteiger partial charge is 0.326 e. The standard InChI is InChI=1S/C14H13N3O5/c1-7-6-10(16-22-7)12(18)15-9-4-2-8-3-5-11(14(20)21)17(8)13(9)19/h2,4,6,11H,3,5H2,1H3,(H,15,18)(H,20,21)/t11-/m0/s1. The van der Waals surface area contributed by atoms with Crippen molar-refractivity contribution in [3.05, 3.63) is 45.7 Å². The molecule has 3 rings (SSSR count). The fourth-order valence-corrected chi connectivity index (χ4v) is 2.54. The van der Waals surface area contributed by atoms with Gasteiger partial charge in [-0.05, 0) is 31.9 Å². The molecule has 22 heavy (non-hydrogen) atoms. The van der Waals surface area contributed by atoms with E-state index >= 15 is 0 Å². The first-order valence-corrected chi connectivity index (χ1v) is 6.69. The summed E-state index contributed by atoms with van der Waals surface area (Å²) in [7, 11) is 0. The number of amides is 1. The number of rotatable bonds is 3. The molecule has 114 valence electrons. The largest absolute Gasteiger partial charge is 0.480 e. The van der Waals surface area contributed by atoms with Gasteiger partial charge in [-0.3, -0.25) is 14.2 Å². The molecule has 0 fully saturated rings. The Kier molecular flexibility index (Phi) is 3.28. The minimum Gasteiger partial charge on any atom is -0.480 e. The van der Waals surface area contributed by atoms with Crippen molar-refractivity contribution in [1.82, 2.24) is 9.72 Å². The molecule has 0 saturated carbocycles. The number of nitrogens with zero attached hydrogens (tertiary/aromatic N) is 2. The number of anilines is 1. The van der Waals surface area contributed by atoms with E-state index < -0.39 is 23.5 Å². The summed E-state index contributed by atoms with van der Waals surface area (Å²) < 4.78 is 6.02. The van der Waals surface area contributed by atoms with Gasteiger partial charge in [0.05, 0.1) is 0 Å². The highest BCUT2D eigenvalue weighted by Gasteiger charge is 2.30. The average Bonchev–Trinajstić information content (AvgIpc) is 3.08. The topological polar surface area (TPSA) is 114 Å². The van der Waals surface area contributed by atoms with Crippen LogP contribution in [0.1, 0.15) is 34.4 Å². The van der Waals surface area contributed by atoms with Gasteiger partial charge < -0.3 is 14.9 Å². The predicted molar refractivity (Wildman–Crippen MR) is 74.9 cm³/mol. The number of aromatic nitrogens is 2. The van der Waals surface area contributed by atoms with Crippen LogP contribution in [0.15, 0.2) is 27.5 Å². The van der Waals surface area contributed by atoms with Crippen LogP contribution in [0, 0.1) is 6.92 Å². The van der Waals surface area contributed by atoms with Crippen molar-refractivity contribution in [2.45, 2.75) is 25.8 Å². The normalized spacial score (nSPS) is 16.3. The van der Waals surface area contributed by atoms with Gasteiger partial charge >= 0.3 is 5.97 Å². The molecule has 1 aliphatic heterocycles. The lowest BCUT2D eigenvalue weighted by molar-refractivity contribution is -0.140. The molecule has 8 nitrogen and oxygen atoms in total. The minimum atomic E-state index is -1.06. The third-order valence-electron chi connectivity index (χ3n) is 3.58. The van der Waals surface area contributed by atoms with E-state index in [1.807, 2.05) is 0 Å². The second-order valence-electron chi connectivity index (χ2n) is 5.08. The summed E-state index contributed by atoms with van der Waals surface area (Å²) in [5.41, 5.74) is 0.184. The van der Waals surface area contributed by atoms with Gasteiger partial charge in [0.15, 0.2) is 5.69 Å². The molecule has 0 radical (unpaired) electrons. The summed E-state index contributed by atoms with van der Waals surface area (Å²) in [6.07, 6.45) is 0.882. The van der Waals surface area contributed by atoms with Crippen molar-refractivity contribution in [1.29, 1.82) is 0 Å². The molecular weight excluding hydrogens is 290 g/mol. The van der Waals surface area contributed by atoms with Gasteiger partial charge in [-0.2, -0.15) is 0 Å². The third kappa shape index (κ3) is 2.28. The van der Waals surface area contributed by atoms with Crippen LogP contribution < -0.4 is 10.9 Å². The molecule has 2 aromatic heterocycles. The Balaban J connectivity index is 1.93. The lowest BCUT2D eigenvalue weighted by atomic mass is 10.2. The first-order chi connectivity index (χ1) is 10.5. The number of carbonyl (C=O) groups excluding carboxylic acids is 1. The number of carboxylic acids is 1. The number of aryl methyl sites for hydroxylation is 2. The Labute approximate surface area is 124 Å². The van der Waals surface area contributed by atoms with E-state index in [-0.39, 0.29) is 11.4 Å².